The quantitative estimate of drug-likeness (QED) is 0.899. The van der Waals surface area contributed by atoms with Gasteiger partial charge in [0.25, 0.3) is 0 Å². The molecule has 96 valence electrons. The smallest absolute Gasteiger partial charge is 0.113 e. The highest BCUT2D eigenvalue weighted by molar-refractivity contribution is 7.10. The zero-order chi connectivity index (χ0) is 13.2. The van der Waals surface area contributed by atoms with E-state index in [2.05, 4.69) is 18.8 Å². The average molecular weight is 281 g/mol. The van der Waals surface area contributed by atoms with Crippen molar-refractivity contribution in [3.63, 3.8) is 0 Å². The van der Waals surface area contributed by atoms with Crippen molar-refractivity contribution >= 4 is 22.9 Å². The van der Waals surface area contributed by atoms with Crippen LogP contribution in [0.4, 0.5) is 0 Å². The molecule has 0 spiro atoms. The minimum atomic E-state index is -0.304. The fourth-order valence-electron chi connectivity index (χ4n) is 1.84. The second kappa shape index (κ2) is 5.39. The topological polar surface area (TPSA) is 38.9 Å². The van der Waals surface area contributed by atoms with Gasteiger partial charge in [0.15, 0.2) is 0 Å². The van der Waals surface area contributed by atoms with Crippen molar-refractivity contribution in [2.75, 3.05) is 0 Å². The number of thiazole rings is 1. The maximum Gasteiger partial charge on any atom is 0.113 e. The largest absolute Gasteiger partial charge is 0.319 e. The van der Waals surface area contributed by atoms with Gasteiger partial charge in [0, 0.05) is 16.0 Å². The van der Waals surface area contributed by atoms with Crippen molar-refractivity contribution < 1.29 is 0 Å². The molecule has 0 unspecified atom stereocenters. The summed E-state index contributed by atoms with van der Waals surface area (Å²) in [5, 5.41) is 3.78. The van der Waals surface area contributed by atoms with Crippen LogP contribution in [-0.2, 0) is 5.54 Å². The molecular weight excluding hydrogens is 264 g/mol. The van der Waals surface area contributed by atoms with Gasteiger partial charge in [-0.2, -0.15) is 0 Å². The molecule has 2 nitrogen and oxygen atoms in total. The molecule has 0 atom stereocenters. The lowest BCUT2D eigenvalue weighted by Crippen LogP contribution is -2.34. The van der Waals surface area contributed by atoms with Crippen molar-refractivity contribution in [1.29, 1.82) is 0 Å². The van der Waals surface area contributed by atoms with E-state index in [0.29, 0.717) is 0 Å². The maximum absolute atomic E-state index is 6.36. The summed E-state index contributed by atoms with van der Waals surface area (Å²) in [6, 6.07) is 7.74. The molecule has 2 N–H and O–H groups in total. The van der Waals surface area contributed by atoms with Gasteiger partial charge >= 0.3 is 0 Å². The lowest BCUT2D eigenvalue weighted by molar-refractivity contribution is 0.411. The lowest BCUT2D eigenvalue weighted by atomic mass is 9.95. The van der Waals surface area contributed by atoms with Crippen LogP contribution in [0.5, 0.6) is 0 Å². The second-order valence-corrected chi connectivity index (χ2v) is 5.71. The summed E-state index contributed by atoms with van der Waals surface area (Å²) < 4.78 is 0. The van der Waals surface area contributed by atoms with Crippen LogP contribution in [0.2, 0.25) is 5.02 Å². The van der Waals surface area contributed by atoms with Crippen molar-refractivity contribution in [2.45, 2.75) is 32.2 Å². The van der Waals surface area contributed by atoms with E-state index < -0.39 is 0 Å². The van der Waals surface area contributed by atoms with Gasteiger partial charge < -0.3 is 5.73 Å². The van der Waals surface area contributed by atoms with E-state index in [4.69, 9.17) is 17.3 Å². The SMILES string of the molecule is CCC(N)(CC)c1nc(-c2cccc(Cl)c2)cs1. The molecule has 0 saturated heterocycles. The van der Waals surface area contributed by atoms with Crippen LogP contribution in [0.25, 0.3) is 11.3 Å². The number of nitrogens with two attached hydrogens (primary N) is 1. The van der Waals surface area contributed by atoms with Gasteiger partial charge in [0.05, 0.1) is 11.2 Å². The highest BCUT2D eigenvalue weighted by atomic mass is 35.5. The molecule has 18 heavy (non-hydrogen) atoms. The molecule has 0 amide bonds. The van der Waals surface area contributed by atoms with Gasteiger partial charge in [-0.3, -0.25) is 0 Å². The first kappa shape index (κ1) is 13.5. The average Bonchev–Trinajstić information content (AvgIpc) is 2.88. The number of rotatable bonds is 4. The van der Waals surface area contributed by atoms with E-state index in [0.717, 1.165) is 34.1 Å². The predicted octanol–water partition coefficient (Wildman–Crippen LogP) is 4.44. The van der Waals surface area contributed by atoms with Gasteiger partial charge in [-0.15, -0.1) is 11.3 Å². The summed E-state index contributed by atoms with van der Waals surface area (Å²) in [6.45, 7) is 4.20. The van der Waals surface area contributed by atoms with Crippen LogP contribution in [-0.4, -0.2) is 4.98 Å². The third-order valence-electron chi connectivity index (χ3n) is 3.31. The molecule has 2 rings (SSSR count). The van der Waals surface area contributed by atoms with E-state index in [-0.39, 0.29) is 5.54 Å². The zero-order valence-electron chi connectivity index (χ0n) is 10.6. The number of halogens is 1. The second-order valence-electron chi connectivity index (χ2n) is 4.41. The lowest BCUT2D eigenvalue weighted by Gasteiger charge is -2.23. The highest BCUT2D eigenvalue weighted by Gasteiger charge is 2.26. The molecule has 1 aromatic heterocycles. The Morgan fingerprint density at radius 2 is 2.06 bits per heavy atom. The third kappa shape index (κ3) is 2.58. The minimum Gasteiger partial charge on any atom is -0.319 e. The molecule has 1 heterocycles. The Hall–Kier alpha value is -0.900. The molecule has 0 saturated carbocycles. The first-order valence-corrected chi connectivity index (χ1v) is 7.35. The summed E-state index contributed by atoms with van der Waals surface area (Å²) in [4.78, 5) is 4.67. The Morgan fingerprint density at radius 3 is 2.67 bits per heavy atom. The molecular formula is C14H17ClN2S. The Balaban J connectivity index is 2.36. The number of nitrogens with zero attached hydrogens (tertiary/aromatic N) is 1. The van der Waals surface area contributed by atoms with E-state index in [1.54, 1.807) is 11.3 Å². The van der Waals surface area contributed by atoms with Crippen molar-refractivity contribution in [2.24, 2.45) is 5.73 Å². The van der Waals surface area contributed by atoms with Crippen LogP contribution < -0.4 is 5.73 Å². The molecule has 0 bridgehead atoms. The van der Waals surface area contributed by atoms with Crippen molar-refractivity contribution in [3.8, 4) is 11.3 Å². The van der Waals surface area contributed by atoms with E-state index in [1.807, 2.05) is 29.6 Å². The maximum atomic E-state index is 6.36. The molecule has 0 aliphatic carbocycles. The molecule has 0 aliphatic rings. The Kier molecular flexibility index (Phi) is 4.05. The summed E-state index contributed by atoms with van der Waals surface area (Å²) in [7, 11) is 0. The standard InChI is InChI=1S/C14H17ClN2S/c1-3-14(16,4-2)13-17-12(9-18-13)10-6-5-7-11(15)8-10/h5-9H,3-4,16H2,1-2H3. The van der Waals surface area contributed by atoms with Gasteiger partial charge in [0.1, 0.15) is 5.01 Å². The molecule has 2 aromatic rings. The number of benzene rings is 1. The molecule has 4 heteroatoms. The summed E-state index contributed by atoms with van der Waals surface area (Å²) in [5.41, 5.74) is 8.05. The fourth-order valence-corrected chi connectivity index (χ4v) is 3.11. The van der Waals surface area contributed by atoms with E-state index in [1.165, 1.54) is 0 Å². The van der Waals surface area contributed by atoms with Gasteiger partial charge in [-0.25, -0.2) is 4.98 Å². The summed E-state index contributed by atoms with van der Waals surface area (Å²) >= 11 is 7.62. The van der Waals surface area contributed by atoms with Gasteiger partial charge in [0.2, 0.25) is 0 Å². The van der Waals surface area contributed by atoms with E-state index >= 15 is 0 Å². The molecule has 0 fully saturated rings. The van der Waals surface area contributed by atoms with Crippen LogP contribution in [0.3, 0.4) is 0 Å². The number of aromatic nitrogens is 1. The van der Waals surface area contributed by atoms with Gasteiger partial charge in [-0.1, -0.05) is 37.6 Å². The Labute approximate surface area is 117 Å². The van der Waals surface area contributed by atoms with Crippen molar-refractivity contribution in [1.82, 2.24) is 4.98 Å². The van der Waals surface area contributed by atoms with E-state index in [9.17, 15) is 0 Å². The Bertz CT molecular complexity index is 532. The zero-order valence-corrected chi connectivity index (χ0v) is 12.2. The minimum absolute atomic E-state index is 0.304. The van der Waals surface area contributed by atoms with Gasteiger partial charge in [-0.05, 0) is 25.0 Å². The summed E-state index contributed by atoms with van der Waals surface area (Å²) in [5.74, 6) is 0. The predicted molar refractivity (Wildman–Crippen MR) is 79.0 cm³/mol. The van der Waals surface area contributed by atoms with Crippen LogP contribution in [0, 0.1) is 0 Å². The van der Waals surface area contributed by atoms with Crippen LogP contribution >= 0.6 is 22.9 Å². The fraction of sp³-hybridized carbons (Fsp3) is 0.357. The molecule has 0 aliphatic heterocycles. The van der Waals surface area contributed by atoms with Crippen molar-refractivity contribution in [3.05, 3.63) is 39.7 Å². The van der Waals surface area contributed by atoms with Crippen LogP contribution in [0.15, 0.2) is 29.6 Å². The molecule has 0 radical (unpaired) electrons. The third-order valence-corrected chi connectivity index (χ3v) is 4.61. The Morgan fingerprint density at radius 1 is 1.33 bits per heavy atom. The summed E-state index contributed by atoms with van der Waals surface area (Å²) in [6.07, 6.45) is 1.79. The number of hydrogen-bond donors (Lipinski definition) is 1. The monoisotopic (exact) mass is 280 g/mol. The first-order valence-electron chi connectivity index (χ1n) is 6.10. The highest BCUT2D eigenvalue weighted by Crippen LogP contribution is 2.32. The number of hydrogen-bond acceptors (Lipinski definition) is 3. The normalized spacial score (nSPS) is 11.8. The first-order chi connectivity index (χ1) is 8.59. The molecule has 1 aromatic carbocycles. The van der Waals surface area contributed by atoms with Crippen LogP contribution in [0.1, 0.15) is 31.7 Å².